The predicted molar refractivity (Wildman–Crippen MR) is 125 cm³/mol. The van der Waals surface area contributed by atoms with Gasteiger partial charge in [-0.1, -0.05) is 13.8 Å². The van der Waals surface area contributed by atoms with Gasteiger partial charge >= 0.3 is 5.97 Å². The first-order valence-electron chi connectivity index (χ1n) is 10.9. The molecule has 0 radical (unpaired) electrons. The number of carboxylic acid groups (broad SMARTS) is 1. The Morgan fingerprint density at radius 2 is 2.00 bits per heavy atom. The van der Waals surface area contributed by atoms with Crippen LogP contribution in [0.25, 0.3) is 11.6 Å². The van der Waals surface area contributed by atoms with Crippen molar-refractivity contribution in [1.29, 1.82) is 0 Å². The fourth-order valence-corrected chi connectivity index (χ4v) is 3.85. The van der Waals surface area contributed by atoms with E-state index in [0.29, 0.717) is 40.3 Å². The number of aliphatic carboxylic acids is 1. The van der Waals surface area contributed by atoms with Crippen LogP contribution in [-0.2, 0) is 9.53 Å². The summed E-state index contributed by atoms with van der Waals surface area (Å²) >= 11 is 0. The number of carbonyl (C=O) groups is 2. The van der Waals surface area contributed by atoms with Gasteiger partial charge in [0.2, 0.25) is 5.90 Å². The quantitative estimate of drug-likeness (QED) is 0.535. The fourth-order valence-electron chi connectivity index (χ4n) is 3.85. The van der Waals surface area contributed by atoms with E-state index >= 15 is 0 Å². The van der Waals surface area contributed by atoms with Crippen LogP contribution >= 0.6 is 0 Å². The van der Waals surface area contributed by atoms with Gasteiger partial charge in [0.1, 0.15) is 5.82 Å². The Bertz CT molecular complexity index is 1120. The van der Waals surface area contributed by atoms with Crippen molar-refractivity contribution >= 4 is 35.1 Å². The molecule has 1 aromatic heterocycles. The zero-order chi connectivity index (χ0) is 24.1. The number of carboxylic acids is 1. The lowest BCUT2D eigenvalue weighted by Crippen LogP contribution is -2.35. The Hall–Kier alpha value is -3.46. The normalized spacial score (nSPS) is 13.9. The van der Waals surface area contributed by atoms with Crippen LogP contribution in [0.1, 0.15) is 46.7 Å². The summed E-state index contributed by atoms with van der Waals surface area (Å²) in [7, 11) is 0. The molecule has 0 unspecified atom stereocenters. The number of likely N-dealkylation sites (N-methyl/N-ethyl adjacent to an activating group) is 1. The van der Waals surface area contributed by atoms with Crippen molar-refractivity contribution < 1.29 is 23.8 Å². The van der Waals surface area contributed by atoms with Crippen molar-refractivity contribution in [2.75, 3.05) is 32.8 Å². The first-order valence-corrected chi connectivity index (χ1v) is 10.9. The molecule has 1 aliphatic heterocycles. The molecule has 0 atom stereocenters. The summed E-state index contributed by atoms with van der Waals surface area (Å²) in [6.07, 6.45) is 1.71. The van der Waals surface area contributed by atoms with Gasteiger partial charge < -0.3 is 25.0 Å². The summed E-state index contributed by atoms with van der Waals surface area (Å²) in [5, 5.41) is 11.9. The van der Waals surface area contributed by atoms with Gasteiger partial charge in [0, 0.05) is 35.6 Å². The Labute approximate surface area is 192 Å². The molecule has 8 nitrogen and oxygen atoms in total. The molecule has 0 fully saturated rings. The number of aromatic nitrogens is 1. The summed E-state index contributed by atoms with van der Waals surface area (Å²) < 4.78 is 19.3. The van der Waals surface area contributed by atoms with E-state index in [1.165, 1.54) is 18.2 Å². The number of amides is 1. The average Bonchev–Trinajstić information content (AvgIpc) is 3.25. The molecule has 0 saturated carbocycles. The summed E-state index contributed by atoms with van der Waals surface area (Å²) in [4.78, 5) is 33.6. The third-order valence-electron chi connectivity index (χ3n) is 5.63. The van der Waals surface area contributed by atoms with Crippen molar-refractivity contribution in [2.24, 2.45) is 4.99 Å². The number of nitrogens with zero attached hydrogens (tertiary/aromatic N) is 2. The number of hydrogen-bond donors (Lipinski definition) is 3. The van der Waals surface area contributed by atoms with Crippen molar-refractivity contribution in [1.82, 2.24) is 15.2 Å². The summed E-state index contributed by atoms with van der Waals surface area (Å²) in [5.41, 5.74) is 4.03. The highest BCUT2D eigenvalue weighted by molar-refractivity contribution is 6.29. The molecule has 0 bridgehead atoms. The second kappa shape index (κ2) is 10.4. The SMILES string of the molecule is CCN(CC)CCNC(=O)c1c(C)[nH]c(/C=C2\C(OCC(=O)O)=Nc3ccc(F)cc32)c1C. The van der Waals surface area contributed by atoms with Crippen molar-refractivity contribution in [2.45, 2.75) is 27.7 Å². The number of carbonyl (C=O) groups excluding carboxylic acids is 1. The lowest BCUT2D eigenvalue weighted by atomic mass is 10.0. The number of aromatic amines is 1. The van der Waals surface area contributed by atoms with Gasteiger partial charge in [-0.3, -0.25) is 4.79 Å². The van der Waals surface area contributed by atoms with Crippen LogP contribution in [0.4, 0.5) is 10.1 Å². The highest BCUT2D eigenvalue weighted by Gasteiger charge is 2.25. The number of halogens is 1. The standard InChI is InChI=1S/C24H29FN4O4/c1-5-29(6-2)10-9-26-23(32)22-14(3)20(27-15(22)4)12-18-17-11-16(25)7-8-19(17)28-24(18)33-13-21(30)31/h7-8,11-12,27H,5-6,9-10,13H2,1-4H3,(H,26,32)(H,30,31)/b18-12-. The van der Waals surface area contributed by atoms with E-state index in [-0.39, 0.29) is 11.8 Å². The van der Waals surface area contributed by atoms with Gasteiger partial charge in [-0.15, -0.1) is 0 Å². The number of benzene rings is 1. The van der Waals surface area contributed by atoms with Crippen LogP contribution in [0.15, 0.2) is 23.2 Å². The second-order valence-corrected chi connectivity index (χ2v) is 7.77. The van der Waals surface area contributed by atoms with Gasteiger partial charge in [0.25, 0.3) is 5.91 Å². The third-order valence-corrected chi connectivity index (χ3v) is 5.63. The Balaban J connectivity index is 1.89. The number of aryl methyl sites for hydroxylation is 1. The summed E-state index contributed by atoms with van der Waals surface area (Å²) in [5.74, 6) is -1.67. The maximum absolute atomic E-state index is 13.9. The zero-order valence-corrected chi connectivity index (χ0v) is 19.3. The van der Waals surface area contributed by atoms with Gasteiger partial charge in [-0.2, -0.15) is 0 Å². The minimum absolute atomic E-state index is 0.0925. The van der Waals surface area contributed by atoms with E-state index in [0.717, 1.165) is 25.2 Å². The van der Waals surface area contributed by atoms with Crippen LogP contribution in [0.2, 0.25) is 0 Å². The number of hydrogen-bond acceptors (Lipinski definition) is 5. The Morgan fingerprint density at radius 3 is 2.67 bits per heavy atom. The molecule has 0 spiro atoms. The number of fused-ring (bicyclic) bond motifs is 1. The van der Waals surface area contributed by atoms with Crippen molar-refractivity contribution in [3.8, 4) is 0 Å². The molecule has 2 heterocycles. The van der Waals surface area contributed by atoms with E-state index in [4.69, 9.17) is 9.84 Å². The Morgan fingerprint density at radius 1 is 1.27 bits per heavy atom. The molecule has 9 heteroatoms. The molecule has 3 N–H and O–H groups in total. The van der Waals surface area contributed by atoms with E-state index in [2.05, 4.69) is 34.0 Å². The highest BCUT2D eigenvalue weighted by atomic mass is 19.1. The van der Waals surface area contributed by atoms with Crippen molar-refractivity contribution in [3.63, 3.8) is 0 Å². The second-order valence-electron chi connectivity index (χ2n) is 7.77. The third kappa shape index (κ3) is 5.48. The molecular weight excluding hydrogens is 427 g/mol. The molecular formula is C24H29FN4O4. The molecule has 2 aromatic rings. The predicted octanol–water partition coefficient (Wildman–Crippen LogP) is 3.53. The minimum Gasteiger partial charge on any atom is -0.479 e. The van der Waals surface area contributed by atoms with Gasteiger partial charge in [-0.05, 0) is 56.8 Å². The molecule has 1 aliphatic rings. The molecule has 0 aliphatic carbocycles. The average molecular weight is 457 g/mol. The largest absolute Gasteiger partial charge is 0.479 e. The fraction of sp³-hybridized carbons (Fsp3) is 0.375. The number of nitrogens with one attached hydrogen (secondary N) is 2. The van der Waals surface area contributed by atoms with Crippen LogP contribution in [0.5, 0.6) is 0 Å². The van der Waals surface area contributed by atoms with Crippen LogP contribution in [0, 0.1) is 19.7 Å². The van der Waals surface area contributed by atoms with Gasteiger partial charge in [-0.25, -0.2) is 14.2 Å². The highest BCUT2D eigenvalue weighted by Crippen LogP contribution is 2.37. The number of aliphatic imine (C=N–C) groups is 1. The van der Waals surface area contributed by atoms with Crippen LogP contribution < -0.4 is 5.32 Å². The monoisotopic (exact) mass is 456 g/mol. The smallest absolute Gasteiger partial charge is 0.341 e. The molecule has 3 rings (SSSR count). The lowest BCUT2D eigenvalue weighted by molar-refractivity contribution is -0.139. The molecule has 1 aromatic carbocycles. The number of H-pyrrole nitrogens is 1. The summed E-state index contributed by atoms with van der Waals surface area (Å²) in [6, 6.07) is 4.12. The van der Waals surface area contributed by atoms with Crippen molar-refractivity contribution in [3.05, 3.63) is 52.1 Å². The maximum atomic E-state index is 13.9. The van der Waals surface area contributed by atoms with E-state index < -0.39 is 18.4 Å². The van der Waals surface area contributed by atoms with Gasteiger partial charge in [0.05, 0.1) is 11.3 Å². The topological polar surface area (TPSA) is 107 Å². The molecule has 176 valence electrons. The number of ether oxygens (including phenoxy) is 1. The minimum atomic E-state index is -1.14. The summed E-state index contributed by atoms with van der Waals surface area (Å²) in [6.45, 7) is 10.4. The Kier molecular flexibility index (Phi) is 7.65. The molecule has 33 heavy (non-hydrogen) atoms. The lowest BCUT2D eigenvalue weighted by Gasteiger charge is -2.18. The zero-order valence-electron chi connectivity index (χ0n) is 19.3. The van der Waals surface area contributed by atoms with E-state index in [1.807, 2.05) is 13.8 Å². The number of rotatable bonds is 9. The first-order chi connectivity index (χ1) is 15.7. The molecule has 1 amide bonds. The first kappa shape index (κ1) is 24.2. The van der Waals surface area contributed by atoms with E-state index in [1.54, 1.807) is 6.08 Å². The molecule has 0 saturated heterocycles. The van der Waals surface area contributed by atoms with Crippen LogP contribution in [0.3, 0.4) is 0 Å². The van der Waals surface area contributed by atoms with Crippen LogP contribution in [-0.4, -0.2) is 65.6 Å². The van der Waals surface area contributed by atoms with E-state index in [9.17, 15) is 14.0 Å². The van der Waals surface area contributed by atoms with Gasteiger partial charge in [0.15, 0.2) is 6.61 Å². The maximum Gasteiger partial charge on any atom is 0.341 e.